The lowest BCUT2D eigenvalue weighted by atomic mass is 10.1. The van der Waals surface area contributed by atoms with Crippen molar-refractivity contribution < 1.29 is 13.9 Å². The molecule has 1 aliphatic heterocycles. The molecule has 2 heterocycles. The first kappa shape index (κ1) is 20.4. The monoisotopic (exact) mass is 444 g/mol. The molecule has 1 aromatic heterocycles. The van der Waals surface area contributed by atoms with Gasteiger partial charge in [0.1, 0.15) is 16.6 Å². The van der Waals surface area contributed by atoms with Crippen LogP contribution in [0.25, 0.3) is 21.8 Å². The van der Waals surface area contributed by atoms with Gasteiger partial charge in [0.15, 0.2) is 6.10 Å². The molecule has 0 N–H and O–H groups in total. The highest BCUT2D eigenvalue weighted by Gasteiger charge is 2.33. The maximum Gasteiger partial charge on any atom is 0.268 e. The molecule has 3 aromatic carbocycles. The van der Waals surface area contributed by atoms with Crippen molar-refractivity contribution in [2.75, 3.05) is 4.90 Å². The summed E-state index contributed by atoms with van der Waals surface area (Å²) in [6, 6.07) is 22.1. The Bertz CT molecular complexity index is 1250. The predicted molar refractivity (Wildman–Crippen MR) is 125 cm³/mol. The lowest BCUT2D eigenvalue weighted by Gasteiger charge is -2.34. The second-order valence-corrected chi connectivity index (χ2v) is 8.51. The van der Waals surface area contributed by atoms with Gasteiger partial charge in [0.25, 0.3) is 5.91 Å². The molecule has 1 aliphatic rings. The molecule has 0 bridgehead atoms. The normalized spacial score (nSPS) is 15.4. The fourth-order valence-electron chi connectivity index (χ4n) is 3.80. The van der Waals surface area contributed by atoms with Gasteiger partial charge >= 0.3 is 0 Å². The Balaban J connectivity index is 1.51. The highest BCUT2D eigenvalue weighted by Crippen LogP contribution is 2.39. The van der Waals surface area contributed by atoms with E-state index >= 15 is 0 Å². The summed E-state index contributed by atoms with van der Waals surface area (Å²) in [5.41, 5.74) is 4.40. The first-order valence-corrected chi connectivity index (χ1v) is 11.4. The third-order valence-corrected chi connectivity index (χ3v) is 6.40. The van der Waals surface area contributed by atoms with Gasteiger partial charge in [-0.05, 0) is 42.3 Å². The Labute approximate surface area is 189 Å². The van der Waals surface area contributed by atoms with Crippen LogP contribution in [0.15, 0.2) is 78.2 Å². The van der Waals surface area contributed by atoms with Crippen molar-refractivity contribution in [3.05, 3.63) is 89.6 Å². The van der Waals surface area contributed by atoms with Crippen LogP contribution < -0.4 is 9.64 Å². The van der Waals surface area contributed by atoms with Crippen molar-refractivity contribution in [1.29, 1.82) is 0 Å². The second kappa shape index (κ2) is 8.55. The smallest absolute Gasteiger partial charge is 0.268 e. The van der Waals surface area contributed by atoms with Gasteiger partial charge in [-0.2, -0.15) is 0 Å². The van der Waals surface area contributed by atoms with Crippen LogP contribution in [0.5, 0.6) is 5.75 Å². The summed E-state index contributed by atoms with van der Waals surface area (Å²) in [5.74, 6) is 0.277. The number of thiazole rings is 1. The van der Waals surface area contributed by atoms with Gasteiger partial charge < -0.3 is 9.64 Å². The molecule has 0 saturated heterocycles. The molecular formula is C26H21FN2O2S. The number of hydrogen-bond donors (Lipinski definition) is 0. The van der Waals surface area contributed by atoms with E-state index in [1.54, 1.807) is 28.4 Å². The summed E-state index contributed by atoms with van der Waals surface area (Å²) in [4.78, 5) is 19.7. The quantitative estimate of drug-likeness (QED) is 0.362. The summed E-state index contributed by atoms with van der Waals surface area (Å²) in [7, 11) is 0. The topological polar surface area (TPSA) is 42.4 Å². The van der Waals surface area contributed by atoms with Gasteiger partial charge in [-0.1, -0.05) is 49.4 Å². The molecule has 1 atom stereocenters. The number of amides is 1. The lowest BCUT2D eigenvalue weighted by molar-refractivity contribution is -0.126. The average molecular weight is 445 g/mol. The van der Waals surface area contributed by atoms with Crippen LogP contribution in [0.3, 0.4) is 0 Å². The predicted octanol–water partition coefficient (Wildman–Crippen LogP) is 6.32. The van der Waals surface area contributed by atoms with E-state index in [2.05, 4.69) is 0 Å². The number of carbonyl (C=O) groups is 1. The summed E-state index contributed by atoms with van der Waals surface area (Å²) in [6.45, 7) is 2.28. The minimum absolute atomic E-state index is 0.0928. The Morgan fingerprint density at radius 3 is 2.56 bits per heavy atom. The summed E-state index contributed by atoms with van der Waals surface area (Å²) >= 11 is 1.59. The fraction of sp³-hybridized carbons (Fsp3) is 0.154. The molecule has 0 spiro atoms. The van der Waals surface area contributed by atoms with Crippen LogP contribution in [-0.2, 0) is 11.3 Å². The zero-order valence-electron chi connectivity index (χ0n) is 17.5. The minimum Gasteiger partial charge on any atom is -0.478 e. The van der Waals surface area contributed by atoms with E-state index in [1.807, 2.05) is 60.8 Å². The molecule has 32 heavy (non-hydrogen) atoms. The van der Waals surface area contributed by atoms with Crippen LogP contribution in [0, 0.1) is 5.82 Å². The van der Waals surface area contributed by atoms with Crippen molar-refractivity contribution in [3.8, 4) is 27.6 Å². The van der Waals surface area contributed by atoms with E-state index in [0.29, 0.717) is 24.4 Å². The molecule has 1 amide bonds. The highest BCUT2D eigenvalue weighted by molar-refractivity contribution is 7.13. The van der Waals surface area contributed by atoms with E-state index in [4.69, 9.17) is 9.72 Å². The Hall–Kier alpha value is -3.51. The number of carbonyl (C=O) groups excluding carboxylic acids is 1. The van der Waals surface area contributed by atoms with Crippen LogP contribution in [-0.4, -0.2) is 17.0 Å². The third kappa shape index (κ3) is 3.89. The van der Waals surface area contributed by atoms with Crippen LogP contribution in [0.2, 0.25) is 0 Å². The van der Waals surface area contributed by atoms with E-state index in [0.717, 1.165) is 27.4 Å². The van der Waals surface area contributed by atoms with Gasteiger partial charge in [0.05, 0.1) is 17.9 Å². The summed E-state index contributed by atoms with van der Waals surface area (Å²) < 4.78 is 19.3. The molecule has 160 valence electrons. The van der Waals surface area contributed by atoms with Gasteiger partial charge in [-0.15, -0.1) is 11.3 Å². The molecule has 6 heteroatoms. The first-order valence-electron chi connectivity index (χ1n) is 10.5. The number of ether oxygens (including phenoxy) is 1. The molecule has 0 aliphatic carbocycles. The molecule has 0 fully saturated rings. The number of halogens is 1. The molecule has 4 aromatic rings. The number of nitrogens with zero attached hydrogens (tertiary/aromatic N) is 2. The average Bonchev–Trinajstić information content (AvgIpc) is 3.33. The highest BCUT2D eigenvalue weighted by atomic mass is 32.1. The zero-order chi connectivity index (χ0) is 22.1. The van der Waals surface area contributed by atoms with Crippen molar-refractivity contribution >= 4 is 22.9 Å². The molecule has 0 saturated carbocycles. The van der Waals surface area contributed by atoms with Gasteiger partial charge in [-0.25, -0.2) is 9.37 Å². The molecule has 1 unspecified atom stereocenters. The summed E-state index contributed by atoms with van der Waals surface area (Å²) in [6.07, 6.45) is 0.0460. The first-order chi connectivity index (χ1) is 15.6. The van der Waals surface area contributed by atoms with E-state index in [9.17, 15) is 9.18 Å². The SMILES string of the molecule is CCC1Oc2ccc(-c3csc(-c4ccccc4)n3)cc2N(Cc2ccc(F)cc2)C1=O. The molecule has 5 rings (SSSR count). The number of aromatic nitrogens is 1. The Kier molecular flexibility index (Phi) is 5.45. The maximum absolute atomic E-state index is 13.4. The number of fused-ring (bicyclic) bond motifs is 1. The Morgan fingerprint density at radius 2 is 1.81 bits per heavy atom. The van der Waals surface area contributed by atoms with Crippen molar-refractivity contribution in [2.24, 2.45) is 0 Å². The lowest BCUT2D eigenvalue weighted by Crippen LogP contribution is -2.45. The largest absolute Gasteiger partial charge is 0.478 e. The van der Waals surface area contributed by atoms with Gasteiger partial charge in [-0.3, -0.25) is 4.79 Å². The number of hydrogen-bond acceptors (Lipinski definition) is 4. The summed E-state index contributed by atoms with van der Waals surface area (Å²) in [5, 5.41) is 2.97. The second-order valence-electron chi connectivity index (χ2n) is 7.65. The van der Waals surface area contributed by atoms with E-state index in [-0.39, 0.29) is 11.7 Å². The minimum atomic E-state index is -0.530. The standard InChI is InChI=1S/C26H21FN2O2S/c1-2-23-26(30)29(15-17-8-11-20(27)12-9-17)22-14-19(10-13-24(22)31-23)21-16-32-25(28-21)18-6-4-3-5-7-18/h3-14,16,23H,2,15H2,1H3. The fourth-order valence-corrected chi connectivity index (χ4v) is 4.63. The van der Waals surface area contributed by atoms with E-state index < -0.39 is 6.10 Å². The van der Waals surface area contributed by atoms with Gasteiger partial charge in [0, 0.05) is 16.5 Å². The molecular weight excluding hydrogens is 423 g/mol. The van der Waals surface area contributed by atoms with Gasteiger partial charge in [0.2, 0.25) is 0 Å². The Morgan fingerprint density at radius 1 is 1.03 bits per heavy atom. The molecule has 0 radical (unpaired) electrons. The van der Waals surface area contributed by atoms with Crippen molar-refractivity contribution in [2.45, 2.75) is 26.0 Å². The number of benzene rings is 3. The zero-order valence-corrected chi connectivity index (χ0v) is 18.3. The van der Waals surface area contributed by atoms with Crippen LogP contribution in [0.4, 0.5) is 10.1 Å². The molecule has 4 nitrogen and oxygen atoms in total. The van der Waals surface area contributed by atoms with Crippen LogP contribution >= 0.6 is 11.3 Å². The van der Waals surface area contributed by atoms with Crippen molar-refractivity contribution in [1.82, 2.24) is 4.98 Å². The number of anilines is 1. The third-order valence-electron chi connectivity index (χ3n) is 5.51. The maximum atomic E-state index is 13.4. The van der Waals surface area contributed by atoms with Crippen molar-refractivity contribution in [3.63, 3.8) is 0 Å². The van der Waals surface area contributed by atoms with Crippen LogP contribution in [0.1, 0.15) is 18.9 Å². The van der Waals surface area contributed by atoms with E-state index in [1.165, 1.54) is 12.1 Å². The number of rotatable bonds is 5.